The SMILES string of the molecule is CC(OO)C(O)CC(O)COO. The Morgan fingerprint density at radius 3 is 2.25 bits per heavy atom. The Hall–Kier alpha value is -0.240. The summed E-state index contributed by atoms with van der Waals surface area (Å²) in [5.41, 5.74) is 0. The maximum atomic E-state index is 9.13. The van der Waals surface area contributed by atoms with Gasteiger partial charge in [-0.25, -0.2) is 9.78 Å². The van der Waals surface area contributed by atoms with Gasteiger partial charge >= 0.3 is 0 Å². The Balaban J connectivity index is 3.59. The first-order valence-electron chi connectivity index (χ1n) is 3.54. The lowest BCUT2D eigenvalue weighted by Crippen LogP contribution is -2.31. The number of hydrogen-bond acceptors (Lipinski definition) is 6. The van der Waals surface area contributed by atoms with Crippen molar-refractivity contribution >= 4 is 0 Å². The first-order valence-corrected chi connectivity index (χ1v) is 3.54. The molecular formula is C6H14O6. The molecule has 0 aromatic rings. The van der Waals surface area contributed by atoms with Crippen LogP contribution in [0.15, 0.2) is 0 Å². The van der Waals surface area contributed by atoms with Gasteiger partial charge in [0.25, 0.3) is 0 Å². The monoisotopic (exact) mass is 182 g/mol. The van der Waals surface area contributed by atoms with Crippen molar-refractivity contribution in [3.05, 3.63) is 0 Å². The topological polar surface area (TPSA) is 99.4 Å². The summed E-state index contributed by atoms with van der Waals surface area (Å²) in [6.45, 7) is 1.16. The van der Waals surface area contributed by atoms with Crippen LogP contribution in [0, 0.1) is 0 Å². The normalized spacial score (nSPS) is 18.8. The van der Waals surface area contributed by atoms with E-state index in [1.807, 2.05) is 0 Å². The van der Waals surface area contributed by atoms with E-state index < -0.39 is 18.3 Å². The summed E-state index contributed by atoms with van der Waals surface area (Å²) >= 11 is 0. The summed E-state index contributed by atoms with van der Waals surface area (Å²) in [6.07, 6.45) is -2.80. The van der Waals surface area contributed by atoms with Crippen molar-refractivity contribution in [1.29, 1.82) is 0 Å². The van der Waals surface area contributed by atoms with Gasteiger partial charge in [0.15, 0.2) is 0 Å². The molecule has 0 bridgehead atoms. The van der Waals surface area contributed by atoms with Gasteiger partial charge in [-0.05, 0) is 6.92 Å². The van der Waals surface area contributed by atoms with E-state index >= 15 is 0 Å². The van der Waals surface area contributed by atoms with E-state index in [4.69, 9.17) is 20.7 Å². The fraction of sp³-hybridized carbons (Fsp3) is 1.00. The summed E-state index contributed by atoms with van der Waals surface area (Å²) in [5.74, 6) is 0. The van der Waals surface area contributed by atoms with Crippen LogP contribution in [0.4, 0.5) is 0 Å². The number of rotatable bonds is 6. The molecule has 6 nitrogen and oxygen atoms in total. The van der Waals surface area contributed by atoms with Crippen molar-refractivity contribution in [2.24, 2.45) is 0 Å². The van der Waals surface area contributed by atoms with E-state index in [1.54, 1.807) is 0 Å². The Morgan fingerprint density at radius 1 is 1.25 bits per heavy atom. The van der Waals surface area contributed by atoms with Crippen molar-refractivity contribution in [3.63, 3.8) is 0 Å². The summed E-state index contributed by atoms with van der Waals surface area (Å²) in [6, 6.07) is 0. The maximum Gasteiger partial charge on any atom is 0.116 e. The van der Waals surface area contributed by atoms with Crippen molar-refractivity contribution < 1.29 is 30.5 Å². The zero-order valence-electron chi connectivity index (χ0n) is 6.75. The minimum absolute atomic E-state index is 0.0394. The van der Waals surface area contributed by atoms with Crippen LogP contribution in [0.3, 0.4) is 0 Å². The quantitative estimate of drug-likeness (QED) is 0.325. The number of hydrogen-bond donors (Lipinski definition) is 4. The molecule has 0 radical (unpaired) electrons. The molecule has 0 aliphatic heterocycles. The van der Waals surface area contributed by atoms with Crippen molar-refractivity contribution in [2.75, 3.05) is 6.61 Å². The highest BCUT2D eigenvalue weighted by Gasteiger charge is 2.19. The molecule has 3 unspecified atom stereocenters. The summed E-state index contributed by atoms with van der Waals surface area (Å²) < 4.78 is 0. The smallest absolute Gasteiger partial charge is 0.116 e. The van der Waals surface area contributed by atoms with Gasteiger partial charge < -0.3 is 10.2 Å². The van der Waals surface area contributed by atoms with E-state index in [0.717, 1.165) is 0 Å². The van der Waals surface area contributed by atoms with Crippen LogP contribution in [0.25, 0.3) is 0 Å². The van der Waals surface area contributed by atoms with Gasteiger partial charge in [0.2, 0.25) is 0 Å². The van der Waals surface area contributed by atoms with Gasteiger partial charge in [-0.15, -0.1) is 0 Å². The standard InChI is InChI=1S/C6H14O6/c1-4(12-10)6(8)2-5(7)3-11-9/h4-10H,2-3H2,1H3. The zero-order chi connectivity index (χ0) is 9.56. The predicted molar refractivity (Wildman–Crippen MR) is 38.4 cm³/mol. The Bertz CT molecular complexity index is 108. The number of aliphatic hydroxyl groups is 2. The van der Waals surface area contributed by atoms with Gasteiger partial charge in [-0.1, -0.05) is 0 Å². The molecule has 0 aliphatic rings. The van der Waals surface area contributed by atoms with Gasteiger partial charge in [0.05, 0.1) is 12.2 Å². The second kappa shape index (κ2) is 6.30. The number of aliphatic hydroxyl groups excluding tert-OH is 2. The fourth-order valence-corrected chi connectivity index (χ4v) is 0.695. The first kappa shape index (κ1) is 11.8. The Labute approximate surface area is 69.8 Å². The van der Waals surface area contributed by atoms with E-state index in [9.17, 15) is 0 Å². The molecule has 4 N–H and O–H groups in total. The largest absolute Gasteiger partial charge is 0.390 e. The molecule has 0 saturated carbocycles. The average molecular weight is 182 g/mol. The molecule has 74 valence electrons. The van der Waals surface area contributed by atoms with E-state index in [0.29, 0.717) is 0 Å². The average Bonchev–Trinajstić information content (AvgIpc) is 2.03. The van der Waals surface area contributed by atoms with Crippen LogP contribution in [0.1, 0.15) is 13.3 Å². The summed E-state index contributed by atoms with van der Waals surface area (Å²) in [7, 11) is 0. The van der Waals surface area contributed by atoms with Crippen LogP contribution in [-0.2, 0) is 9.78 Å². The Kier molecular flexibility index (Phi) is 6.17. The molecule has 0 spiro atoms. The maximum absolute atomic E-state index is 9.13. The van der Waals surface area contributed by atoms with Crippen LogP contribution >= 0.6 is 0 Å². The molecule has 12 heavy (non-hydrogen) atoms. The van der Waals surface area contributed by atoms with E-state index in [1.165, 1.54) is 6.92 Å². The van der Waals surface area contributed by atoms with Crippen molar-refractivity contribution in [3.8, 4) is 0 Å². The van der Waals surface area contributed by atoms with Crippen LogP contribution < -0.4 is 0 Å². The molecule has 0 aliphatic carbocycles. The lowest BCUT2D eigenvalue weighted by atomic mass is 10.1. The van der Waals surface area contributed by atoms with Gasteiger partial charge in [0.1, 0.15) is 12.7 Å². The van der Waals surface area contributed by atoms with Crippen molar-refractivity contribution in [2.45, 2.75) is 31.7 Å². The molecule has 0 rings (SSSR count). The fourth-order valence-electron chi connectivity index (χ4n) is 0.695. The molecule has 6 heteroatoms. The highest BCUT2D eigenvalue weighted by Crippen LogP contribution is 2.05. The summed E-state index contributed by atoms with van der Waals surface area (Å²) in [4.78, 5) is 7.48. The lowest BCUT2D eigenvalue weighted by Gasteiger charge is -2.17. The minimum atomic E-state index is -1.000. The van der Waals surface area contributed by atoms with Crippen molar-refractivity contribution in [1.82, 2.24) is 0 Å². The van der Waals surface area contributed by atoms with Gasteiger partial charge in [0, 0.05) is 6.42 Å². The zero-order valence-corrected chi connectivity index (χ0v) is 6.75. The van der Waals surface area contributed by atoms with Crippen LogP contribution in [0.2, 0.25) is 0 Å². The third-order valence-electron chi connectivity index (χ3n) is 1.49. The van der Waals surface area contributed by atoms with E-state index in [2.05, 4.69) is 9.78 Å². The Morgan fingerprint density at radius 2 is 1.83 bits per heavy atom. The van der Waals surface area contributed by atoms with Crippen LogP contribution in [0.5, 0.6) is 0 Å². The minimum Gasteiger partial charge on any atom is -0.390 e. The first-order chi connectivity index (χ1) is 5.61. The highest BCUT2D eigenvalue weighted by atomic mass is 17.1. The van der Waals surface area contributed by atoms with E-state index in [-0.39, 0.29) is 13.0 Å². The van der Waals surface area contributed by atoms with Crippen LogP contribution in [-0.4, -0.2) is 45.6 Å². The molecule has 0 amide bonds. The molecular weight excluding hydrogens is 168 g/mol. The molecule has 0 saturated heterocycles. The molecule has 0 heterocycles. The summed E-state index contributed by atoms with van der Waals surface area (Å²) in [5, 5.41) is 34.2. The predicted octanol–water partition coefficient (Wildman–Crippen LogP) is -0.534. The van der Waals surface area contributed by atoms with Gasteiger partial charge in [-0.3, -0.25) is 10.5 Å². The third-order valence-corrected chi connectivity index (χ3v) is 1.49. The second-order valence-corrected chi connectivity index (χ2v) is 2.56. The molecule has 3 atom stereocenters. The third kappa shape index (κ3) is 4.60. The molecule has 0 fully saturated rings. The highest BCUT2D eigenvalue weighted by molar-refractivity contribution is 4.67. The lowest BCUT2D eigenvalue weighted by molar-refractivity contribution is -0.295. The second-order valence-electron chi connectivity index (χ2n) is 2.56. The molecule has 0 aromatic heterocycles. The van der Waals surface area contributed by atoms with Gasteiger partial charge in [-0.2, -0.15) is 0 Å². The molecule has 0 aromatic carbocycles.